The molecule has 0 spiro atoms. The van der Waals surface area contributed by atoms with E-state index in [0.29, 0.717) is 13.1 Å². The van der Waals surface area contributed by atoms with E-state index in [0.717, 1.165) is 11.4 Å². The maximum absolute atomic E-state index is 12.4. The number of nitrogens with one attached hydrogen (secondary N) is 1. The molecular weight excluding hydrogens is 314 g/mol. The number of rotatable bonds is 8. The van der Waals surface area contributed by atoms with Crippen LogP contribution in [0, 0.1) is 0 Å². The Bertz CT molecular complexity index is 559. The summed E-state index contributed by atoms with van der Waals surface area (Å²) in [6, 6.07) is 7.05. The van der Waals surface area contributed by atoms with Gasteiger partial charge < -0.3 is 24.4 Å². The van der Waals surface area contributed by atoms with Crippen molar-refractivity contribution in [2.45, 2.75) is 6.29 Å². The summed E-state index contributed by atoms with van der Waals surface area (Å²) in [5.41, 5.74) is 0.780. The summed E-state index contributed by atoms with van der Waals surface area (Å²) in [4.78, 5) is 27.5. The van der Waals surface area contributed by atoms with Gasteiger partial charge in [-0.15, -0.1) is 0 Å². The zero-order chi connectivity index (χ0) is 17.5. The molecule has 0 aromatic heterocycles. The number of nitrogens with zero attached hydrogens (tertiary/aromatic N) is 2. The van der Waals surface area contributed by atoms with Gasteiger partial charge in [-0.2, -0.15) is 0 Å². The molecule has 1 N–H and O–H groups in total. The maximum atomic E-state index is 12.4. The molecule has 0 saturated carbocycles. The standard InChI is InChI=1S/C16H23N3O5/c1-22-13-6-4-12(5-7-13)19-9-8-18(16(19)21)11-14(20)17-10-15(23-2)24-3/h4-7,15H,8-11H2,1-3H3,(H,17,20). The highest BCUT2D eigenvalue weighted by Gasteiger charge is 2.30. The van der Waals surface area contributed by atoms with Crippen LogP contribution in [0.5, 0.6) is 5.75 Å². The van der Waals surface area contributed by atoms with E-state index in [1.807, 2.05) is 12.1 Å². The van der Waals surface area contributed by atoms with Crippen LogP contribution in [0.3, 0.4) is 0 Å². The Balaban J connectivity index is 1.87. The number of hydrogen-bond donors (Lipinski definition) is 1. The minimum Gasteiger partial charge on any atom is -0.497 e. The highest BCUT2D eigenvalue weighted by atomic mass is 16.7. The van der Waals surface area contributed by atoms with E-state index in [1.165, 1.54) is 19.1 Å². The Hall–Kier alpha value is -2.32. The molecule has 1 aliphatic heterocycles. The first-order valence-electron chi connectivity index (χ1n) is 7.61. The molecule has 0 aliphatic carbocycles. The van der Waals surface area contributed by atoms with Gasteiger partial charge >= 0.3 is 6.03 Å². The van der Waals surface area contributed by atoms with Gasteiger partial charge in [0.2, 0.25) is 5.91 Å². The van der Waals surface area contributed by atoms with E-state index in [1.54, 1.807) is 24.1 Å². The van der Waals surface area contributed by atoms with Gasteiger partial charge in [-0.05, 0) is 24.3 Å². The highest BCUT2D eigenvalue weighted by molar-refractivity contribution is 5.96. The molecule has 0 unspecified atom stereocenters. The van der Waals surface area contributed by atoms with Crippen molar-refractivity contribution < 1.29 is 23.8 Å². The zero-order valence-electron chi connectivity index (χ0n) is 14.2. The van der Waals surface area contributed by atoms with Gasteiger partial charge in [0.25, 0.3) is 0 Å². The van der Waals surface area contributed by atoms with E-state index in [2.05, 4.69) is 5.32 Å². The first kappa shape index (κ1) is 18.0. The molecule has 0 bridgehead atoms. The Labute approximate surface area is 141 Å². The first-order chi connectivity index (χ1) is 11.6. The summed E-state index contributed by atoms with van der Waals surface area (Å²) >= 11 is 0. The van der Waals surface area contributed by atoms with Crippen LogP contribution in [0.2, 0.25) is 0 Å². The lowest BCUT2D eigenvalue weighted by Crippen LogP contribution is -2.42. The number of hydrogen-bond acceptors (Lipinski definition) is 5. The molecule has 1 aliphatic rings. The molecule has 2 rings (SSSR count). The van der Waals surface area contributed by atoms with Crippen LogP contribution in [-0.4, -0.2) is 70.6 Å². The lowest BCUT2D eigenvalue weighted by atomic mass is 10.3. The average molecular weight is 337 g/mol. The second-order valence-corrected chi connectivity index (χ2v) is 5.26. The Kier molecular flexibility index (Phi) is 6.39. The van der Waals surface area contributed by atoms with Crippen LogP contribution < -0.4 is 15.0 Å². The molecule has 1 aromatic carbocycles. The van der Waals surface area contributed by atoms with E-state index in [4.69, 9.17) is 14.2 Å². The lowest BCUT2D eigenvalue weighted by Gasteiger charge is -2.19. The third kappa shape index (κ3) is 4.36. The van der Waals surface area contributed by atoms with Gasteiger partial charge in [0.1, 0.15) is 12.3 Å². The number of benzene rings is 1. The van der Waals surface area contributed by atoms with Crippen LogP contribution >= 0.6 is 0 Å². The number of methoxy groups -OCH3 is 3. The molecular formula is C16H23N3O5. The predicted molar refractivity (Wildman–Crippen MR) is 88.1 cm³/mol. The predicted octanol–water partition coefficient (Wildman–Crippen LogP) is 0.672. The van der Waals surface area contributed by atoms with Gasteiger partial charge in [-0.3, -0.25) is 9.69 Å². The van der Waals surface area contributed by atoms with Crippen LogP contribution in [-0.2, 0) is 14.3 Å². The zero-order valence-corrected chi connectivity index (χ0v) is 14.2. The normalized spacial score (nSPS) is 14.4. The van der Waals surface area contributed by atoms with Gasteiger partial charge in [-0.25, -0.2) is 4.79 Å². The maximum Gasteiger partial charge on any atom is 0.325 e. The third-order valence-electron chi connectivity index (χ3n) is 3.81. The average Bonchev–Trinajstić information content (AvgIpc) is 2.96. The van der Waals surface area contributed by atoms with Crippen molar-refractivity contribution in [2.24, 2.45) is 0 Å². The fourth-order valence-electron chi connectivity index (χ4n) is 2.42. The second kappa shape index (κ2) is 8.51. The lowest BCUT2D eigenvalue weighted by molar-refractivity contribution is -0.127. The van der Waals surface area contributed by atoms with Crippen LogP contribution in [0.4, 0.5) is 10.5 Å². The molecule has 0 radical (unpaired) electrons. The van der Waals surface area contributed by atoms with Gasteiger partial charge in [0.15, 0.2) is 6.29 Å². The van der Waals surface area contributed by atoms with E-state index < -0.39 is 6.29 Å². The van der Waals surface area contributed by atoms with Gasteiger partial charge in [0, 0.05) is 33.0 Å². The minimum atomic E-state index is -0.501. The number of carbonyl (C=O) groups excluding carboxylic acids is 2. The van der Waals surface area contributed by atoms with Crippen molar-refractivity contribution in [3.63, 3.8) is 0 Å². The first-order valence-corrected chi connectivity index (χ1v) is 7.61. The molecule has 1 fully saturated rings. The molecule has 1 saturated heterocycles. The monoisotopic (exact) mass is 337 g/mol. The Morgan fingerprint density at radius 1 is 1.17 bits per heavy atom. The fourth-order valence-corrected chi connectivity index (χ4v) is 2.42. The van der Waals surface area contributed by atoms with Crippen molar-refractivity contribution in [3.8, 4) is 5.75 Å². The molecule has 1 aromatic rings. The molecule has 3 amide bonds. The van der Waals surface area contributed by atoms with Crippen LogP contribution in [0.25, 0.3) is 0 Å². The highest BCUT2D eigenvalue weighted by Crippen LogP contribution is 2.22. The molecule has 132 valence electrons. The van der Waals surface area contributed by atoms with E-state index in [-0.39, 0.29) is 25.0 Å². The van der Waals surface area contributed by atoms with Crippen molar-refractivity contribution in [2.75, 3.05) is 52.4 Å². The van der Waals surface area contributed by atoms with Crippen molar-refractivity contribution in [1.29, 1.82) is 0 Å². The molecule has 24 heavy (non-hydrogen) atoms. The third-order valence-corrected chi connectivity index (χ3v) is 3.81. The Morgan fingerprint density at radius 3 is 2.42 bits per heavy atom. The molecule has 8 heteroatoms. The quantitative estimate of drug-likeness (QED) is 0.706. The number of ether oxygens (including phenoxy) is 3. The summed E-state index contributed by atoms with van der Waals surface area (Å²) in [6.45, 7) is 1.27. The van der Waals surface area contributed by atoms with E-state index >= 15 is 0 Å². The number of amides is 3. The van der Waals surface area contributed by atoms with Gasteiger partial charge in [-0.1, -0.05) is 0 Å². The van der Waals surface area contributed by atoms with Crippen molar-refractivity contribution in [3.05, 3.63) is 24.3 Å². The summed E-state index contributed by atoms with van der Waals surface area (Å²) in [6.07, 6.45) is -0.501. The summed E-state index contributed by atoms with van der Waals surface area (Å²) in [5.74, 6) is 0.478. The number of carbonyl (C=O) groups is 2. The molecule has 1 heterocycles. The van der Waals surface area contributed by atoms with Gasteiger partial charge in [0.05, 0.1) is 13.7 Å². The largest absolute Gasteiger partial charge is 0.497 e. The summed E-state index contributed by atoms with van der Waals surface area (Å²) < 4.78 is 15.1. The van der Waals surface area contributed by atoms with Crippen molar-refractivity contribution >= 4 is 17.6 Å². The summed E-state index contributed by atoms with van der Waals surface area (Å²) in [7, 11) is 4.59. The smallest absolute Gasteiger partial charge is 0.325 e. The van der Waals surface area contributed by atoms with Crippen LogP contribution in [0.15, 0.2) is 24.3 Å². The Morgan fingerprint density at radius 2 is 1.83 bits per heavy atom. The topological polar surface area (TPSA) is 80.3 Å². The SMILES string of the molecule is COc1ccc(N2CCN(CC(=O)NCC(OC)OC)C2=O)cc1. The second-order valence-electron chi connectivity index (χ2n) is 5.26. The number of anilines is 1. The minimum absolute atomic E-state index is 0.00559. The van der Waals surface area contributed by atoms with Crippen LogP contribution in [0.1, 0.15) is 0 Å². The number of urea groups is 1. The fraction of sp³-hybridized carbons (Fsp3) is 0.500. The molecule has 0 atom stereocenters. The molecule has 8 nitrogen and oxygen atoms in total. The van der Waals surface area contributed by atoms with E-state index in [9.17, 15) is 9.59 Å². The summed E-state index contributed by atoms with van der Waals surface area (Å²) in [5, 5.41) is 2.68. The van der Waals surface area contributed by atoms with Crippen molar-refractivity contribution in [1.82, 2.24) is 10.2 Å².